The van der Waals surface area contributed by atoms with Gasteiger partial charge in [0.15, 0.2) is 11.5 Å². The summed E-state index contributed by atoms with van der Waals surface area (Å²) in [6.45, 7) is 3.99. The summed E-state index contributed by atoms with van der Waals surface area (Å²) in [4.78, 5) is 7.13. The quantitative estimate of drug-likeness (QED) is 0.234. The van der Waals surface area contributed by atoms with Crippen LogP contribution in [0.3, 0.4) is 0 Å². The number of methoxy groups -OCH3 is 1. The van der Waals surface area contributed by atoms with Crippen LogP contribution in [0.4, 0.5) is 0 Å². The van der Waals surface area contributed by atoms with E-state index >= 15 is 0 Å². The number of fused-ring (bicyclic) bond motifs is 1. The average Bonchev–Trinajstić information content (AvgIpc) is 3.75. The summed E-state index contributed by atoms with van der Waals surface area (Å²) < 4.78 is 40.0. The van der Waals surface area contributed by atoms with E-state index in [1.54, 1.807) is 35.9 Å². The molecule has 1 aliphatic rings. The predicted octanol–water partition coefficient (Wildman–Crippen LogP) is 4.04. The Morgan fingerprint density at radius 2 is 1.73 bits per heavy atom. The maximum absolute atomic E-state index is 13.1. The highest BCUT2D eigenvalue weighted by atomic mass is 32.2. The van der Waals surface area contributed by atoms with Crippen LogP contribution < -0.4 is 9.47 Å². The van der Waals surface area contributed by atoms with Crippen molar-refractivity contribution in [3.63, 3.8) is 0 Å². The molecule has 10 nitrogen and oxygen atoms in total. The molecule has 0 bridgehead atoms. The van der Waals surface area contributed by atoms with Crippen LogP contribution in [0.1, 0.15) is 29.8 Å². The summed E-state index contributed by atoms with van der Waals surface area (Å²) >= 11 is 0. The molecular weight excluding hydrogens is 540 g/mol. The molecule has 0 unspecified atom stereocenters. The summed E-state index contributed by atoms with van der Waals surface area (Å²) in [5.74, 6) is 1.92. The Morgan fingerprint density at radius 1 is 0.927 bits per heavy atom. The van der Waals surface area contributed by atoms with Gasteiger partial charge in [0.25, 0.3) is 10.0 Å². The number of ether oxygens (including phenoxy) is 2. The van der Waals surface area contributed by atoms with Crippen LogP contribution in [-0.2, 0) is 22.2 Å². The number of pyridine rings is 1. The van der Waals surface area contributed by atoms with Crippen molar-refractivity contribution in [3.05, 3.63) is 96.1 Å². The molecule has 0 radical (unpaired) electrons. The van der Waals surface area contributed by atoms with Crippen molar-refractivity contribution in [2.45, 2.75) is 25.0 Å². The largest absolute Gasteiger partial charge is 0.497 e. The van der Waals surface area contributed by atoms with Crippen molar-refractivity contribution >= 4 is 15.7 Å². The molecular formula is C30H32N6O4S. The van der Waals surface area contributed by atoms with Gasteiger partial charge in [-0.15, -0.1) is 0 Å². The number of likely N-dealkylation sites (tertiary alicyclic amines) is 1. The highest BCUT2D eigenvalue weighted by Crippen LogP contribution is 2.23. The van der Waals surface area contributed by atoms with Crippen LogP contribution in [0, 0.1) is 0 Å². The normalized spacial score (nSPS) is 14.1. The van der Waals surface area contributed by atoms with E-state index in [4.69, 9.17) is 19.6 Å². The standard InChI is InChI=1S/C30H32N6O4S/c1-39-27-7-4-6-24(18-27)22-41(37,38)35-21-25(20-31-35)28-8-5-9-30-32-29(33-36(28)30)19-23-10-12-26(13-11-23)40-17-16-34-14-2-3-15-34/h4-13,18,20-21H,2-3,14-17,19,22H2,1H3. The van der Waals surface area contributed by atoms with Crippen molar-refractivity contribution in [2.24, 2.45) is 0 Å². The SMILES string of the molecule is COc1cccc(CS(=O)(=O)n2cc(-c3cccc4nc(Cc5ccc(OCCN6CCCC6)cc5)nn34)cn2)c1. The van der Waals surface area contributed by atoms with E-state index < -0.39 is 10.0 Å². The molecule has 0 N–H and O–H groups in total. The third-order valence-corrected chi connectivity index (χ3v) is 8.66. The second kappa shape index (κ2) is 11.7. The van der Waals surface area contributed by atoms with E-state index in [1.165, 1.54) is 38.3 Å². The second-order valence-electron chi connectivity index (χ2n) is 10.1. The molecule has 0 spiro atoms. The van der Waals surface area contributed by atoms with Gasteiger partial charge in [0.05, 0.1) is 31.0 Å². The minimum Gasteiger partial charge on any atom is -0.497 e. The number of benzene rings is 2. The van der Waals surface area contributed by atoms with Crippen molar-refractivity contribution in [1.82, 2.24) is 28.7 Å². The van der Waals surface area contributed by atoms with Gasteiger partial charge in [-0.05, 0) is 73.5 Å². The Bertz CT molecular complexity index is 1740. The Kier molecular flexibility index (Phi) is 7.71. The zero-order valence-corrected chi connectivity index (χ0v) is 23.7. The van der Waals surface area contributed by atoms with Gasteiger partial charge in [-0.3, -0.25) is 4.90 Å². The van der Waals surface area contributed by atoms with E-state index in [1.807, 2.05) is 42.5 Å². The summed E-state index contributed by atoms with van der Waals surface area (Å²) in [5.41, 5.74) is 3.69. The molecule has 0 atom stereocenters. The molecule has 6 rings (SSSR count). The number of nitrogens with zero attached hydrogens (tertiary/aromatic N) is 6. The minimum absolute atomic E-state index is 0.203. The van der Waals surface area contributed by atoms with Gasteiger partial charge in [0.1, 0.15) is 18.1 Å². The average molecular weight is 573 g/mol. The Balaban J connectivity index is 1.15. The van der Waals surface area contributed by atoms with Crippen molar-refractivity contribution < 1.29 is 17.9 Å². The minimum atomic E-state index is -3.74. The molecule has 4 heterocycles. The van der Waals surface area contributed by atoms with E-state index in [2.05, 4.69) is 10.00 Å². The van der Waals surface area contributed by atoms with Crippen molar-refractivity contribution in [3.8, 4) is 22.8 Å². The predicted molar refractivity (Wildman–Crippen MR) is 156 cm³/mol. The van der Waals surface area contributed by atoms with Gasteiger partial charge < -0.3 is 9.47 Å². The number of aromatic nitrogens is 5. The zero-order valence-electron chi connectivity index (χ0n) is 22.9. The monoisotopic (exact) mass is 572 g/mol. The van der Waals surface area contributed by atoms with E-state index in [0.717, 1.165) is 21.9 Å². The molecule has 1 aliphatic heterocycles. The van der Waals surface area contributed by atoms with E-state index in [9.17, 15) is 8.42 Å². The molecule has 1 fully saturated rings. The summed E-state index contributed by atoms with van der Waals surface area (Å²) in [6, 6.07) is 20.7. The fraction of sp³-hybridized carbons (Fsp3) is 0.300. The Hall–Kier alpha value is -4.22. The summed E-state index contributed by atoms with van der Waals surface area (Å²) in [6.07, 6.45) is 6.16. The number of hydrogen-bond acceptors (Lipinski definition) is 8. The van der Waals surface area contributed by atoms with Crippen molar-refractivity contribution in [2.75, 3.05) is 33.4 Å². The number of rotatable bonds is 11. The molecule has 0 amide bonds. The Labute approximate surface area is 239 Å². The van der Waals surface area contributed by atoms with Crippen LogP contribution in [0.15, 0.2) is 79.1 Å². The molecule has 41 heavy (non-hydrogen) atoms. The van der Waals surface area contributed by atoms with Gasteiger partial charge in [0.2, 0.25) is 0 Å². The summed E-state index contributed by atoms with van der Waals surface area (Å²) in [5, 5.41) is 8.88. The van der Waals surface area contributed by atoms with Gasteiger partial charge in [-0.25, -0.2) is 17.9 Å². The van der Waals surface area contributed by atoms with Gasteiger partial charge in [-0.2, -0.15) is 14.3 Å². The van der Waals surface area contributed by atoms with E-state index in [0.29, 0.717) is 47.1 Å². The smallest absolute Gasteiger partial charge is 0.257 e. The second-order valence-corrected chi connectivity index (χ2v) is 12.0. The van der Waals surface area contributed by atoms with Crippen LogP contribution in [0.25, 0.3) is 16.9 Å². The molecule has 2 aromatic carbocycles. The van der Waals surface area contributed by atoms with Crippen molar-refractivity contribution in [1.29, 1.82) is 0 Å². The van der Waals surface area contributed by atoms with Crippen LogP contribution in [0.2, 0.25) is 0 Å². The maximum atomic E-state index is 13.1. The lowest BCUT2D eigenvalue weighted by molar-refractivity contribution is 0.238. The fourth-order valence-corrected chi connectivity index (χ4v) is 6.25. The molecule has 0 saturated carbocycles. The molecule has 11 heteroatoms. The summed E-state index contributed by atoms with van der Waals surface area (Å²) in [7, 11) is -2.19. The topological polar surface area (TPSA) is 104 Å². The number of hydrogen-bond donors (Lipinski definition) is 0. The highest BCUT2D eigenvalue weighted by Gasteiger charge is 2.19. The first-order valence-corrected chi connectivity index (χ1v) is 15.3. The van der Waals surface area contributed by atoms with Crippen LogP contribution in [-0.4, -0.2) is 70.5 Å². The zero-order chi connectivity index (χ0) is 28.2. The first-order chi connectivity index (χ1) is 20.0. The van der Waals surface area contributed by atoms with Gasteiger partial charge in [-0.1, -0.05) is 30.3 Å². The van der Waals surface area contributed by atoms with Gasteiger partial charge >= 0.3 is 0 Å². The third-order valence-electron chi connectivity index (χ3n) is 7.19. The fourth-order valence-electron chi connectivity index (χ4n) is 5.06. The molecule has 0 aliphatic carbocycles. The maximum Gasteiger partial charge on any atom is 0.257 e. The first-order valence-electron chi connectivity index (χ1n) is 13.7. The molecule has 5 aromatic rings. The van der Waals surface area contributed by atoms with Crippen LogP contribution in [0.5, 0.6) is 11.5 Å². The lowest BCUT2D eigenvalue weighted by Gasteiger charge is -2.14. The Morgan fingerprint density at radius 3 is 2.54 bits per heavy atom. The van der Waals surface area contributed by atoms with Gasteiger partial charge in [0, 0.05) is 18.5 Å². The molecule has 1 saturated heterocycles. The molecule has 3 aromatic heterocycles. The van der Waals surface area contributed by atoms with Crippen LogP contribution >= 0.6 is 0 Å². The highest BCUT2D eigenvalue weighted by molar-refractivity contribution is 7.89. The molecule has 212 valence electrons. The van der Waals surface area contributed by atoms with E-state index in [-0.39, 0.29) is 5.75 Å². The first kappa shape index (κ1) is 27.0. The lowest BCUT2D eigenvalue weighted by atomic mass is 10.1. The third kappa shape index (κ3) is 6.26. The lowest BCUT2D eigenvalue weighted by Crippen LogP contribution is -2.25.